The lowest BCUT2D eigenvalue weighted by Crippen LogP contribution is -2.19. The predicted octanol–water partition coefficient (Wildman–Crippen LogP) is 1.65. The molecule has 0 saturated heterocycles. The number of rotatable bonds is 2. The van der Waals surface area contributed by atoms with Gasteiger partial charge in [0.05, 0.1) is 16.8 Å². The number of anilines is 1. The Bertz CT molecular complexity index is 547. The normalized spacial score (nSPS) is 17.2. The maximum atomic E-state index is 11.4. The van der Waals surface area contributed by atoms with Gasteiger partial charge in [0.2, 0.25) is 0 Å². The molecule has 0 spiro atoms. The summed E-state index contributed by atoms with van der Waals surface area (Å²) in [6.07, 6.45) is 1.88. The summed E-state index contributed by atoms with van der Waals surface area (Å²) in [7, 11) is -3.41. The molecular weight excluding hydrogens is 224 g/mol. The third kappa shape index (κ3) is 1.90. The van der Waals surface area contributed by atoms with Crippen molar-refractivity contribution in [2.45, 2.75) is 19.8 Å². The fraction of sp³-hybridized carbons (Fsp3) is 0.273. The summed E-state index contributed by atoms with van der Waals surface area (Å²) in [6, 6.07) is 5.54. The van der Waals surface area contributed by atoms with Crippen LogP contribution in [0.25, 0.3) is 5.70 Å². The number of nitrogens with two attached hydrogens (primary N) is 1. The summed E-state index contributed by atoms with van der Waals surface area (Å²) in [5, 5.41) is 1.08. The molecule has 1 heterocycles. The Morgan fingerprint density at radius 3 is 2.81 bits per heavy atom. The Balaban J connectivity index is 2.60. The summed E-state index contributed by atoms with van der Waals surface area (Å²) in [6.45, 7) is 2.08. The minimum Gasteiger partial charge on any atom is -0.398 e. The van der Waals surface area contributed by atoms with Crippen LogP contribution in [0.15, 0.2) is 23.6 Å². The van der Waals surface area contributed by atoms with Gasteiger partial charge in [-0.1, -0.05) is 25.5 Å². The second-order valence-electron chi connectivity index (χ2n) is 3.81. The highest BCUT2D eigenvalue weighted by atomic mass is 32.2. The zero-order valence-corrected chi connectivity index (χ0v) is 9.84. The maximum Gasteiger partial charge on any atom is 0.257 e. The van der Waals surface area contributed by atoms with Crippen LogP contribution >= 0.6 is 0 Å². The van der Waals surface area contributed by atoms with Crippen LogP contribution in [0.2, 0.25) is 0 Å². The minimum atomic E-state index is -3.41. The van der Waals surface area contributed by atoms with Crippen LogP contribution in [0.1, 0.15) is 24.5 Å². The van der Waals surface area contributed by atoms with Gasteiger partial charge in [-0.15, -0.1) is 0 Å². The molecule has 86 valence electrons. The van der Waals surface area contributed by atoms with E-state index in [1.807, 2.05) is 12.1 Å². The number of nitrogens with one attached hydrogen (secondary N) is 1. The van der Waals surface area contributed by atoms with Gasteiger partial charge in [-0.25, -0.2) is 8.42 Å². The first-order chi connectivity index (χ1) is 7.53. The van der Waals surface area contributed by atoms with Crippen LogP contribution in [0.3, 0.4) is 0 Å². The van der Waals surface area contributed by atoms with E-state index >= 15 is 0 Å². The van der Waals surface area contributed by atoms with Crippen molar-refractivity contribution in [3.8, 4) is 0 Å². The Labute approximate surface area is 95.2 Å². The van der Waals surface area contributed by atoms with E-state index in [1.165, 1.54) is 0 Å². The molecule has 0 saturated carbocycles. The second-order valence-corrected chi connectivity index (χ2v) is 5.34. The van der Waals surface area contributed by atoms with E-state index in [9.17, 15) is 8.42 Å². The molecule has 0 aromatic heterocycles. The Morgan fingerprint density at radius 1 is 1.38 bits per heavy atom. The van der Waals surface area contributed by atoms with Gasteiger partial charge in [-0.2, -0.15) is 0 Å². The molecule has 1 aliphatic heterocycles. The molecule has 0 bridgehead atoms. The molecule has 4 nitrogen and oxygen atoms in total. The highest BCUT2D eigenvalue weighted by Gasteiger charge is 2.21. The minimum absolute atomic E-state index is 0.317. The molecule has 0 amide bonds. The van der Waals surface area contributed by atoms with Crippen LogP contribution in [-0.2, 0) is 16.4 Å². The molecule has 0 atom stereocenters. The first-order valence-electron chi connectivity index (χ1n) is 5.16. The van der Waals surface area contributed by atoms with Crippen molar-refractivity contribution < 1.29 is 8.42 Å². The predicted molar refractivity (Wildman–Crippen MR) is 65.1 cm³/mol. The zero-order chi connectivity index (χ0) is 11.8. The Hall–Kier alpha value is -1.49. The van der Waals surface area contributed by atoms with Crippen molar-refractivity contribution >= 4 is 21.4 Å². The van der Waals surface area contributed by atoms with Crippen LogP contribution in [-0.4, -0.2) is 8.42 Å². The zero-order valence-electron chi connectivity index (χ0n) is 9.03. The number of hydrogen-bond acceptors (Lipinski definition) is 3. The molecular formula is C11H14N2O2S. The first kappa shape index (κ1) is 11.0. The maximum absolute atomic E-state index is 11.4. The summed E-state index contributed by atoms with van der Waals surface area (Å²) in [5.41, 5.74) is 8.59. The van der Waals surface area contributed by atoms with Crippen LogP contribution < -0.4 is 10.5 Å². The van der Waals surface area contributed by atoms with Crippen molar-refractivity contribution in [2.75, 3.05) is 4.72 Å². The molecule has 1 aromatic carbocycles. The van der Waals surface area contributed by atoms with Crippen molar-refractivity contribution in [3.63, 3.8) is 0 Å². The monoisotopic (exact) mass is 238 g/mol. The van der Waals surface area contributed by atoms with Gasteiger partial charge >= 0.3 is 0 Å². The fourth-order valence-electron chi connectivity index (χ4n) is 1.91. The number of sulfonamides is 1. The van der Waals surface area contributed by atoms with E-state index in [2.05, 4.69) is 11.6 Å². The molecule has 1 aromatic rings. The van der Waals surface area contributed by atoms with E-state index in [0.29, 0.717) is 11.4 Å². The lowest BCUT2D eigenvalue weighted by atomic mass is 9.99. The summed E-state index contributed by atoms with van der Waals surface area (Å²) in [5.74, 6) is 0. The van der Waals surface area contributed by atoms with Crippen molar-refractivity contribution in [1.29, 1.82) is 0 Å². The number of hydrogen-bond donors (Lipinski definition) is 2. The molecule has 16 heavy (non-hydrogen) atoms. The molecule has 1 aliphatic rings. The highest BCUT2D eigenvalue weighted by molar-refractivity contribution is 7.95. The first-order valence-corrected chi connectivity index (χ1v) is 6.70. The molecule has 3 N–H and O–H groups in total. The smallest absolute Gasteiger partial charge is 0.257 e. The van der Waals surface area contributed by atoms with Gasteiger partial charge in [-0.05, 0) is 18.1 Å². The van der Waals surface area contributed by atoms with Crippen molar-refractivity contribution in [3.05, 3.63) is 34.7 Å². The van der Waals surface area contributed by atoms with Gasteiger partial charge in [0, 0.05) is 5.56 Å². The topological polar surface area (TPSA) is 72.2 Å². The lowest BCUT2D eigenvalue weighted by Gasteiger charge is -2.19. The van der Waals surface area contributed by atoms with Gasteiger partial charge < -0.3 is 5.73 Å². The standard InChI is InChI=1S/C11H14N2O2S/c1-2-4-8-5-3-6-10-11(8)9(12)7-16(14,15)13-10/h3,5-7,13H,2,4,12H2,1H3. The van der Waals surface area contributed by atoms with E-state index in [0.717, 1.165) is 29.4 Å². The fourth-order valence-corrected chi connectivity index (χ4v) is 2.90. The summed E-state index contributed by atoms with van der Waals surface area (Å²) < 4.78 is 25.3. The van der Waals surface area contributed by atoms with Crippen molar-refractivity contribution in [2.24, 2.45) is 5.73 Å². The molecule has 0 unspecified atom stereocenters. The van der Waals surface area contributed by atoms with Crippen LogP contribution in [0, 0.1) is 0 Å². The third-order valence-corrected chi connectivity index (χ3v) is 3.56. The van der Waals surface area contributed by atoms with Crippen LogP contribution in [0.5, 0.6) is 0 Å². The summed E-state index contributed by atoms with van der Waals surface area (Å²) in [4.78, 5) is 0. The number of benzene rings is 1. The summed E-state index contributed by atoms with van der Waals surface area (Å²) >= 11 is 0. The molecule has 5 heteroatoms. The van der Waals surface area contributed by atoms with Gasteiger partial charge in [0.1, 0.15) is 0 Å². The highest BCUT2D eigenvalue weighted by Crippen LogP contribution is 2.31. The molecule has 2 rings (SSSR count). The number of fused-ring (bicyclic) bond motifs is 1. The second kappa shape index (κ2) is 3.83. The van der Waals surface area contributed by atoms with E-state index < -0.39 is 10.0 Å². The van der Waals surface area contributed by atoms with Gasteiger partial charge in [0.15, 0.2) is 0 Å². The van der Waals surface area contributed by atoms with Crippen LogP contribution in [0.4, 0.5) is 5.69 Å². The average Bonchev–Trinajstić information content (AvgIpc) is 2.15. The van der Waals surface area contributed by atoms with E-state index in [1.54, 1.807) is 6.07 Å². The van der Waals surface area contributed by atoms with Gasteiger partial charge in [0.25, 0.3) is 10.0 Å². The average molecular weight is 238 g/mol. The van der Waals surface area contributed by atoms with Crippen molar-refractivity contribution in [1.82, 2.24) is 0 Å². The van der Waals surface area contributed by atoms with E-state index in [-0.39, 0.29) is 0 Å². The Morgan fingerprint density at radius 2 is 2.12 bits per heavy atom. The quantitative estimate of drug-likeness (QED) is 0.823. The third-order valence-electron chi connectivity index (χ3n) is 2.49. The number of aryl methyl sites for hydroxylation is 1. The van der Waals surface area contributed by atoms with E-state index in [4.69, 9.17) is 5.73 Å². The molecule has 0 fully saturated rings. The molecule has 0 aliphatic carbocycles. The van der Waals surface area contributed by atoms with Gasteiger partial charge in [-0.3, -0.25) is 4.72 Å². The Kier molecular flexibility index (Phi) is 2.63. The molecule has 0 radical (unpaired) electrons. The largest absolute Gasteiger partial charge is 0.398 e. The lowest BCUT2D eigenvalue weighted by molar-refractivity contribution is 0.609. The SMILES string of the molecule is CCCc1cccc2c1C(N)=CS(=O)(=O)N2.